The molecule has 0 aliphatic carbocycles. The molecule has 0 saturated heterocycles. The highest BCUT2D eigenvalue weighted by Gasteiger charge is 2.15. The number of anilines is 1. The zero-order valence-electron chi connectivity index (χ0n) is 16.1. The Hall–Kier alpha value is -2.01. The van der Waals surface area contributed by atoms with Crippen molar-refractivity contribution in [3.8, 4) is 5.75 Å². The van der Waals surface area contributed by atoms with Crippen LogP contribution in [0.2, 0.25) is 0 Å². The predicted octanol–water partition coefficient (Wildman–Crippen LogP) is 4.40. The van der Waals surface area contributed by atoms with Crippen LogP contribution in [0.25, 0.3) is 0 Å². The molecule has 1 amide bonds. The van der Waals surface area contributed by atoms with Gasteiger partial charge in [-0.1, -0.05) is 34.1 Å². The zero-order valence-corrected chi connectivity index (χ0v) is 17.6. The normalized spacial score (nSPS) is 13.2. The predicted molar refractivity (Wildman–Crippen MR) is 114 cm³/mol. The molecular weight excluding hydrogens is 404 g/mol. The molecule has 5 heteroatoms. The van der Waals surface area contributed by atoms with Gasteiger partial charge in [0.1, 0.15) is 5.75 Å². The van der Waals surface area contributed by atoms with E-state index in [1.54, 1.807) is 0 Å². The van der Waals surface area contributed by atoms with E-state index in [2.05, 4.69) is 50.4 Å². The first-order valence-corrected chi connectivity index (χ1v) is 10.3. The van der Waals surface area contributed by atoms with E-state index in [1.807, 2.05) is 26.0 Å². The average Bonchev–Trinajstić information content (AvgIpc) is 2.67. The monoisotopic (exact) mass is 430 g/mol. The second-order valence-corrected chi connectivity index (χ2v) is 7.88. The van der Waals surface area contributed by atoms with Gasteiger partial charge in [-0.15, -0.1) is 0 Å². The number of rotatable bonds is 7. The minimum Gasteiger partial charge on any atom is -0.484 e. The van der Waals surface area contributed by atoms with Crippen molar-refractivity contribution < 1.29 is 9.53 Å². The van der Waals surface area contributed by atoms with Crippen LogP contribution < -0.4 is 15.0 Å². The first kappa shape index (κ1) is 19.7. The Balaban J connectivity index is 1.39. The summed E-state index contributed by atoms with van der Waals surface area (Å²) in [5.74, 6) is 0.653. The summed E-state index contributed by atoms with van der Waals surface area (Å²) in [5.41, 5.74) is 4.99. The number of fused-ring (bicyclic) bond motifs is 1. The molecule has 0 unspecified atom stereocenters. The van der Waals surface area contributed by atoms with Crippen molar-refractivity contribution in [2.75, 3.05) is 31.1 Å². The van der Waals surface area contributed by atoms with E-state index in [9.17, 15) is 4.79 Å². The van der Waals surface area contributed by atoms with Gasteiger partial charge in [-0.3, -0.25) is 4.79 Å². The second kappa shape index (κ2) is 9.27. The van der Waals surface area contributed by atoms with E-state index in [1.165, 1.54) is 17.7 Å². The smallest absolute Gasteiger partial charge is 0.257 e. The maximum absolute atomic E-state index is 12.0. The minimum atomic E-state index is -0.0766. The van der Waals surface area contributed by atoms with E-state index in [4.69, 9.17) is 4.74 Å². The fraction of sp³-hybridized carbons (Fsp3) is 0.409. The fourth-order valence-electron chi connectivity index (χ4n) is 3.53. The van der Waals surface area contributed by atoms with Crippen LogP contribution in [0.3, 0.4) is 0 Å². The molecule has 0 bridgehead atoms. The van der Waals surface area contributed by atoms with Gasteiger partial charge >= 0.3 is 0 Å². The highest BCUT2D eigenvalue weighted by molar-refractivity contribution is 9.10. The number of hydrogen-bond acceptors (Lipinski definition) is 3. The summed E-state index contributed by atoms with van der Waals surface area (Å²) < 4.78 is 6.72. The Bertz CT molecular complexity index is 784. The van der Waals surface area contributed by atoms with E-state index < -0.39 is 0 Å². The number of ether oxygens (including phenoxy) is 1. The van der Waals surface area contributed by atoms with Gasteiger partial charge < -0.3 is 15.0 Å². The van der Waals surface area contributed by atoms with Crippen LogP contribution in [0.15, 0.2) is 40.9 Å². The largest absolute Gasteiger partial charge is 0.484 e. The third-order valence-corrected chi connectivity index (χ3v) is 6.16. The van der Waals surface area contributed by atoms with Crippen LogP contribution in [0.5, 0.6) is 5.75 Å². The van der Waals surface area contributed by atoms with E-state index in [0.29, 0.717) is 6.54 Å². The lowest BCUT2D eigenvalue weighted by Crippen LogP contribution is -2.34. The fourth-order valence-corrected chi connectivity index (χ4v) is 3.76. The summed E-state index contributed by atoms with van der Waals surface area (Å²) >= 11 is 3.54. The van der Waals surface area contributed by atoms with Gasteiger partial charge in [-0.05, 0) is 68.0 Å². The van der Waals surface area contributed by atoms with Crippen LogP contribution in [0.4, 0.5) is 5.69 Å². The van der Waals surface area contributed by atoms with Crippen molar-refractivity contribution in [2.45, 2.75) is 33.1 Å². The van der Waals surface area contributed by atoms with Crippen LogP contribution in [0.1, 0.15) is 29.5 Å². The zero-order chi connectivity index (χ0) is 19.2. The number of carbonyl (C=O) groups excluding carboxylic acids is 1. The number of nitrogens with one attached hydrogen (secondary N) is 1. The first-order valence-electron chi connectivity index (χ1n) is 9.53. The molecule has 2 aromatic rings. The summed E-state index contributed by atoms with van der Waals surface area (Å²) in [4.78, 5) is 14.5. The lowest BCUT2D eigenvalue weighted by atomic mass is 10.0. The Morgan fingerprint density at radius 2 is 1.96 bits per heavy atom. The van der Waals surface area contributed by atoms with Crippen molar-refractivity contribution in [1.29, 1.82) is 0 Å². The number of para-hydroxylation sites is 1. The standard InChI is InChI=1S/C22H27BrN2O2/c1-16-13-19(14-17(2)22(16)23)27-15-21(26)24-10-6-12-25-11-5-8-18-7-3-4-9-20(18)25/h3-4,7,9,13-14H,5-6,8,10-12,15H2,1-2H3,(H,24,26). The van der Waals surface area contributed by atoms with Crippen molar-refractivity contribution in [1.82, 2.24) is 5.32 Å². The third-order valence-electron chi connectivity index (χ3n) is 4.91. The lowest BCUT2D eigenvalue weighted by Gasteiger charge is -2.31. The third kappa shape index (κ3) is 5.25. The van der Waals surface area contributed by atoms with Crippen LogP contribution in [-0.2, 0) is 11.2 Å². The first-order chi connectivity index (χ1) is 13.0. The number of nitrogens with zero attached hydrogens (tertiary/aromatic N) is 1. The molecule has 1 heterocycles. The van der Waals surface area contributed by atoms with Gasteiger partial charge in [0, 0.05) is 29.8 Å². The molecule has 1 aliphatic heterocycles. The van der Waals surface area contributed by atoms with Gasteiger partial charge in [-0.25, -0.2) is 0 Å². The summed E-state index contributed by atoms with van der Waals surface area (Å²) in [5, 5.41) is 2.96. The van der Waals surface area contributed by atoms with Crippen molar-refractivity contribution >= 4 is 27.5 Å². The van der Waals surface area contributed by atoms with E-state index in [-0.39, 0.29) is 12.5 Å². The quantitative estimate of drug-likeness (QED) is 0.661. The van der Waals surface area contributed by atoms with Gasteiger partial charge in [0.25, 0.3) is 5.91 Å². The Morgan fingerprint density at radius 3 is 2.74 bits per heavy atom. The van der Waals surface area contributed by atoms with Crippen molar-refractivity contribution in [3.05, 3.63) is 57.6 Å². The molecule has 1 N–H and O–H groups in total. The summed E-state index contributed by atoms with van der Waals surface area (Å²) in [6.07, 6.45) is 3.29. The number of halogens is 1. The maximum atomic E-state index is 12.0. The van der Waals surface area contributed by atoms with Crippen LogP contribution in [0, 0.1) is 13.8 Å². The molecule has 2 aromatic carbocycles. The molecule has 0 atom stereocenters. The highest BCUT2D eigenvalue weighted by Crippen LogP contribution is 2.27. The SMILES string of the molecule is Cc1cc(OCC(=O)NCCCN2CCCc3ccccc32)cc(C)c1Br. The molecule has 144 valence electrons. The van der Waals surface area contributed by atoms with Crippen LogP contribution >= 0.6 is 15.9 Å². The molecule has 0 radical (unpaired) electrons. The van der Waals surface area contributed by atoms with Gasteiger partial charge in [-0.2, -0.15) is 0 Å². The molecule has 1 aliphatic rings. The lowest BCUT2D eigenvalue weighted by molar-refractivity contribution is -0.123. The summed E-state index contributed by atoms with van der Waals surface area (Å²) in [7, 11) is 0. The Kier molecular flexibility index (Phi) is 6.78. The number of carbonyl (C=O) groups is 1. The van der Waals surface area contributed by atoms with Crippen molar-refractivity contribution in [3.63, 3.8) is 0 Å². The molecule has 0 aromatic heterocycles. The van der Waals surface area contributed by atoms with Crippen molar-refractivity contribution in [2.24, 2.45) is 0 Å². The number of amides is 1. The van der Waals surface area contributed by atoms with Gasteiger partial charge in [0.05, 0.1) is 0 Å². The molecule has 0 fully saturated rings. The van der Waals surface area contributed by atoms with E-state index in [0.717, 1.165) is 47.3 Å². The maximum Gasteiger partial charge on any atom is 0.257 e. The topological polar surface area (TPSA) is 41.6 Å². The molecule has 27 heavy (non-hydrogen) atoms. The number of hydrogen-bond donors (Lipinski definition) is 1. The Labute approximate surface area is 170 Å². The second-order valence-electron chi connectivity index (χ2n) is 7.08. The summed E-state index contributed by atoms with van der Waals surface area (Å²) in [6.45, 7) is 6.80. The Morgan fingerprint density at radius 1 is 1.22 bits per heavy atom. The van der Waals surface area contributed by atoms with E-state index >= 15 is 0 Å². The average molecular weight is 431 g/mol. The van der Waals surface area contributed by atoms with Gasteiger partial charge in [0.2, 0.25) is 0 Å². The van der Waals surface area contributed by atoms with Crippen LogP contribution in [-0.4, -0.2) is 32.1 Å². The number of benzene rings is 2. The summed E-state index contributed by atoms with van der Waals surface area (Å²) in [6, 6.07) is 12.5. The minimum absolute atomic E-state index is 0.0487. The highest BCUT2D eigenvalue weighted by atomic mass is 79.9. The molecule has 0 spiro atoms. The molecular formula is C22H27BrN2O2. The van der Waals surface area contributed by atoms with Gasteiger partial charge in [0.15, 0.2) is 6.61 Å². The number of aryl methyl sites for hydroxylation is 3. The molecule has 4 nitrogen and oxygen atoms in total. The molecule has 3 rings (SSSR count). The molecule has 0 saturated carbocycles.